The molecule has 1 aliphatic heterocycles. The molecular formula is C22H19N3O3S. The second-order valence-corrected chi connectivity index (χ2v) is 7.50. The summed E-state index contributed by atoms with van der Waals surface area (Å²) in [6.07, 6.45) is 5.17. The second kappa shape index (κ2) is 7.97. The molecule has 3 heterocycles. The summed E-state index contributed by atoms with van der Waals surface area (Å²) in [6.45, 7) is 3.79. The normalized spacial score (nSPS) is 16.3. The number of thiazole rings is 1. The summed E-state index contributed by atoms with van der Waals surface area (Å²) >= 11 is 1.31. The SMILES string of the molecule is CCOC(=O)C1=C(C)N=c2s/c(=C\c3ccncc3)c(=O)n2[C@@H]1c1ccccc1. The lowest BCUT2D eigenvalue weighted by molar-refractivity contribution is -0.139. The molecule has 3 aromatic rings. The van der Waals surface area contributed by atoms with E-state index in [9.17, 15) is 9.59 Å². The van der Waals surface area contributed by atoms with Gasteiger partial charge in [0.1, 0.15) is 0 Å². The summed E-state index contributed by atoms with van der Waals surface area (Å²) in [4.78, 5) is 35.2. The average molecular weight is 405 g/mol. The highest BCUT2D eigenvalue weighted by Crippen LogP contribution is 2.30. The van der Waals surface area contributed by atoms with Gasteiger partial charge in [-0.25, -0.2) is 9.79 Å². The third-order valence-corrected chi connectivity index (χ3v) is 5.62. The molecule has 29 heavy (non-hydrogen) atoms. The molecule has 146 valence electrons. The van der Waals surface area contributed by atoms with Gasteiger partial charge in [-0.2, -0.15) is 0 Å². The van der Waals surface area contributed by atoms with Gasteiger partial charge >= 0.3 is 5.97 Å². The van der Waals surface area contributed by atoms with Crippen molar-refractivity contribution < 1.29 is 9.53 Å². The fourth-order valence-electron chi connectivity index (χ4n) is 3.35. The minimum absolute atomic E-state index is 0.186. The Morgan fingerprint density at radius 3 is 2.62 bits per heavy atom. The van der Waals surface area contributed by atoms with Crippen LogP contribution in [0.5, 0.6) is 0 Å². The van der Waals surface area contributed by atoms with Crippen molar-refractivity contribution >= 4 is 23.4 Å². The van der Waals surface area contributed by atoms with Crippen LogP contribution in [0.3, 0.4) is 0 Å². The number of esters is 1. The Morgan fingerprint density at radius 2 is 1.93 bits per heavy atom. The Labute approximate surface area is 171 Å². The van der Waals surface area contributed by atoms with Crippen molar-refractivity contribution in [3.8, 4) is 0 Å². The van der Waals surface area contributed by atoms with Crippen molar-refractivity contribution in [3.63, 3.8) is 0 Å². The summed E-state index contributed by atoms with van der Waals surface area (Å²) < 4.78 is 7.42. The molecule has 0 aliphatic carbocycles. The number of rotatable bonds is 4. The van der Waals surface area contributed by atoms with Gasteiger partial charge < -0.3 is 4.74 Å². The van der Waals surface area contributed by atoms with Gasteiger partial charge in [-0.15, -0.1) is 0 Å². The smallest absolute Gasteiger partial charge is 0.338 e. The van der Waals surface area contributed by atoms with Crippen LogP contribution in [-0.2, 0) is 9.53 Å². The number of ether oxygens (including phenoxy) is 1. The standard InChI is InChI=1S/C22H19N3O3S/c1-3-28-21(27)18-14(2)24-22-25(19(18)16-7-5-4-6-8-16)20(26)17(29-22)13-15-9-11-23-12-10-15/h4-13,19H,3H2,1-2H3/b17-13-/t19-/m1/s1. The van der Waals surface area contributed by atoms with E-state index in [1.807, 2.05) is 48.5 Å². The molecule has 0 amide bonds. The lowest BCUT2D eigenvalue weighted by atomic mass is 9.96. The maximum absolute atomic E-state index is 13.3. The molecule has 0 saturated carbocycles. The summed E-state index contributed by atoms with van der Waals surface area (Å²) in [7, 11) is 0. The van der Waals surface area contributed by atoms with Gasteiger partial charge in [0.15, 0.2) is 4.80 Å². The fourth-order valence-corrected chi connectivity index (χ4v) is 4.40. The highest BCUT2D eigenvalue weighted by molar-refractivity contribution is 7.07. The zero-order chi connectivity index (χ0) is 20.4. The molecular weight excluding hydrogens is 386 g/mol. The molecule has 0 bridgehead atoms. The van der Waals surface area contributed by atoms with E-state index in [1.165, 1.54) is 11.3 Å². The number of pyridine rings is 1. The molecule has 2 aromatic heterocycles. The molecule has 4 rings (SSSR count). The van der Waals surface area contributed by atoms with Crippen LogP contribution in [0.1, 0.15) is 31.0 Å². The number of hydrogen-bond donors (Lipinski definition) is 0. The van der Waals surface area contributed by atoms with Gasteiger partial charge in [0.2, 0.25) is 0 Å². The number of benzene rings is 1. The number of carbonyl (C=O) groups is 1. The topological polar surface area (TPSA) is 73.6 Å². The van der Waals surface area contributed by atoms with Gasteiger partial charge in [0.05, 0.1) is 28.5 Å². The Kier molecular flexibility index (Phi) is 5.22. The number of aromatic nitrogens is 2. The molecule has 0 fully saturated rings. The van der Waals surface area contributed by atoms with E-state index in [1.54, 1.807) is 30.8 Å². The molecule has 0 spiro atoms. The van der Waals surface area contributed by atoms with Crippen LogP contribution >= 0.6 is 11.3 Å². The van der Waals surface area contributed by atoms with Crippen LogP contribution in [0.4, 0.5) is 0 Å². The van der Waals surface area contributed by atoms with Crippen molar-refractivity contribution in [2.45, 2.75) is 19.9 Å². The second-order valence-electron chi connectivity index (χ2n) is 6.49. The third-order valence-electron chi connectivity index (χ3n) is 4.64. The minimum Gasteiger partial charge on any atom is -0.463 e. The van der Waals surface area contributed by atoms with Crippen LogP contribution in [-0.4, -0.2) is 22.1 Å². The maximum Gasteiger partial charge on any atom is 0.338 e. The van der Waals surface area contributed by atoms with Crippen LogP contribution < -0.4 is 14.9 Å². The van der Waals surface area contributed by atoms with Crippen molar-refractivity contribution in [1.82, 2.24) is 9.55 Å². The van der Waals surface area contributed by atoms with Crippen molar-refractivity contribution in [3.05, 3.63) is 96.9 Å². The van der Waals surface area contributed by atoms with E-state index in [2.05, 4.69) is 9.98 Å². The number of allylic oxidation sites excluding steroid dienone is 1. The van der Waals surface area contributed by atoms with E-state index in [0.717, 1.165) is 11.1 Å². The van der Waals surface area contributed by atoms with Gasteiger partial charge in [-0.3, -0.25) is 14.3 Å². The van der Waals surface area contributed by atoms with Gasteiger partial charge in [0, 0.05) is 12.4 Å². The quantitative estimate of drug-likeness (QED) is 0.624. The van der Waals surface area contributed by atoms with Gasteiger partial charge in [-0.1, -0.05) is 41.7 Å². The summed E-state index contributed by atoms with van der Waals surface area (Å²) in [6, 6.07) is 12.6. The third kappa shape index (κ3) is 3.56. The Balaban J connectivity index is 1.96. The van der Waals surface area contributed by atoms with E-state index >= 15 is 0 Å². The first-order valence-corrected chi connectivity index (χ1v) is 10.1. The first-order chi connectivity index (χ1) is 14.1. The highest BCUT2D eigenvalue weighted by Gasteiger charge is 2.33. The Morgan fingerprint density at radius 1 is 1.21 bits per heavy atom. The zero-order valence-electron chi connectivity index (χ0n) is 16.0. The van der Waals surface area contributed by atoms with Crippen molar-refractivity contribution in [2.24, 2.45) is 4.99 Å². The zero-order valence-corrected chi connectivity index (χ0v) is 16.8. The lowest BCUT2D eigenvalue weighted by Crippen LogP contribution is -2.39. The molecule has 1 aliphatic rings. The number of hydrogen-bond acceptors (Lipinski definition) is 6. The molecule has 1 atom stereocenters. The predicted octanol–water partition coefficient (Wildman–Crippen LogP) is 2.19. The van der Waals surface area contributed by atoms with E-state index in [4.69, 9.17) is 4.74 Å². The molecule has 6 nitrogen and oxygen atoms in total. The van der Waals surface area contributed by atoms with E-state index in [0.29, 0.717) is 20.6 Å². The molecule has 0 unspecified atom stereocenters. The Bertz CT molecular complexity index is 1260. The van der Waals surface area contributed by atoms with Gasteiger partial charge in [0.25, 0.3) is 5.56 Å². The monoisotopic (exact) mass is 405 g/mol. The summed E-state index contributed by atoms with van der Waals surface area (Å²) in [5, 5.41) is 0. The largest absolute Gasteiger partial charge is 0.463 e. The van der Waals surface area contributed by atoms with Gasteiger partial charge in [-0.05, 0) is 43.2 Å². The van der Waals surface area contributed by atoms with Crippen LogP contribution in [0.2, 0.25) is 0 Å². The summed E-state index contributed by atoms with van der Waals surface area (Å²) in [5.74, 6) is -0.453. The van der Waals surface area contributed by atoms with E-state index in [-0.39, 0.29) is 12.2 Å². The maximum atomic E-state index is 13.3. The van der Waals surface area contributed by atoms with Crippen molar-refractivity contribution in [2.75, 3.05) is 6.61 Å². The molecule has 7 heteroatoms. The minimum atomic E-state index is -0.578. The average Bonchev–Trinajstić information content (AvgIpc) is 3.03. The van der Waals surface area contributed by atoms with Crippen molar-refractivity contribution in [1.29, 1.82) is 0 Å². The van der Waals surface area contributed by atoms with E-state index < -0.39 is 12.0 Å². The molecule has 0 saturated heterocycles. The lowest BCUT2D eigenvalue weighted by Gasteiger charge is -2.24. The van der Waals surface area contributed by atoms with Crippen LogP contribution in [0, 0.1) is 0 Å². The number of fused-ring (bicyclic) bond motifs is 1. The first kappa shape index (κ1) is 19.0. The Hall–Kier alpha value is -3.32. The number of carbonyl (C=O) groups excluding carboxylic acids is 1. The predicted molar refractivity (Wildman–Crippen MR) is 111 cm³/mol. The van der Waals surface area contributed by atoms with Crippen LogP contribution in [0.15, 0.2) is 75.9 Å². The first-order valence-electron chi connectivity index (χ1n) is 9.24. The molecule has 0 N–H and O–H groups in total. The highest BCUT2D eigenvalue weighted by atomic mass is 32.1. The molecule has 0 radical (unpaired) electrons. The summed E-state index contributed by atoms with van der Waals surface area (Å²) in [5.41, 5.74) is 2.48. The fraction of sp³-hybridized carbons (Fsp3) is 0.182. The number of nitrogens with zero attached hydrogens (tertiary/aromatic N) is 3. The molecule has 1 aromatic carbocycles. The van der Waals surface area contributed by atoms with Crippen LogP contribution in [0.25, 0.3) is 6.08 Å².